The van der Waals surface area contributed by atoms with Crippen molar-refractivity contribution in [2.45, 2.75) is 5.50 Å². The first kappa shape index (κ1) is 12.1. The third kappa shape index (κ3) is 2.76. The molecule has 0 radical (unpaired) electrons. The zero-order valence-corrected chi connectivity index (χ0v) is 10.1. The highest BCUT2D eigenvalue weighted by atomic mass is 79.9. The van der Waals surface area contributed by atoms with Crippen LogP contribution in [0.4, 0.5) is 0 Å². The first-order valence-corrected chi connectivity index (χ1v) is 5.17. The monoisotopic (exact) mass is 291 g/mol. The second kappa shape index (κ2) is 5.23. The van der Waals surface area contributed by atoms with Crippen LogP contribution in [0.5, 0.6) is 0 Å². The number of carbonyl (C=O) groups is 1. The summed E-state index contributed by atoms with van der Waals surface area (Å²) in [4.78, 5) is 21.4. The van der Waals surface area contributed by atoms with E-state index >= 15 is 0 Å². The van der Waals surface area contributed by atoms with Gasteiger partial charge in [-0.05, 0) is 38.8 Å². The van der Waals surface area contributed by atoms with Crippen LogP contribution in [0.25, 0.3) is 0 Å². The number of ether oxygens (including phenoxy) is 1. The van der Waals surface area contributed by atoms with E-state index in [-0.39, 0.29) is 0 Å². The molecule has 0 N–H and O–H groups in total. The summed E-state index contributed by atoms with van der Waals surface area (Å²) in [6.45, 7) is 0. The molecule has 0 amide bonds. The quantitative estimate of drug-likeness (QED) is 0.372. The molecule has 1 unspecified atom stereocenters. The zero-order valence-electron chi connectivity index (χ0n) is 7.74. The number of hydrogen-bond donors (Lipinski definition) is 0. The van der Waals surface area contributed by atoms with E-state index in [0.29, 0.717) is 15.6 Å². The van der Waals surface area contributed by atoms with Crippen molar-refractivity contribution in [2.75, 3.05) is 7.11 Å². The lowest BCUT2D eigenvalue weighted by atomic mass is 10.1. The lowest BCUT2D eigenvalue weighted by Crippen LogP contribution is -2.02. The summed E-state index contributed by atoms with van der Waals surface area (Å²) in [7, 11) is 1.29. The van der Waals surface area contributed by atoms with Gasteiger partial charge in [0.05, 0.1) is 12.7 Å². The molecular weight excluding hydrogens is 285 g/mol. The number of carbonyl (C=O) groups excluding carboxylic acids is 1. The van der Waals surface area contributed by atoms with Crippen LogP contribution in [0.3, 0.4) is 0 Å². The first-order chi connectivity index (χ1) is 7.10. The average molecular weight is 293 g/mol. The van der Waals surface area contributed by atoms with E-state index in [1.165, 1.54) is 13.2 Å². The molecule has 80 valence electrons. The van der Waals surface area contributed by atoms with Crippen LogP contribution in [0, 0.1) is 4.91 Å². The van der Waals surface area contributed by atoms with Gasteiger partial charge in [-0.3, -0.25) is 0 Å². The van der Waals surface area contributed by atoms with Crippen molar-refractivity contribution in [3.63, 3.8) is 0 Å². The van der Waals surface area contributed by atoms with Gasteiger partial charge in [-0.25, -0.2) is 4.79 Å². The van der Waals surface area contributed by atoms with E-state index < -0.39 is 11.5 Å². The number of nitrogens with zero attached hydrogens (tertiary/aromatic N) is 1. The molecule has 0 bridgehead atoms. The highest BCUT2D eigenvalue weighted by Gasteiger charge is 2.14. The number of hydrogen-bond acceptors (Lipinski definition) is 4. The van der Waals surface area contributed by atoms with Crippen molar-refractivity contribution in [1.82, 2.24) is 0 Å². The minimum atomic E-state index is -0.951. The topological polar surface area (TPSA) is 55.7 Å². The molecule has 15 heavy (non-hydrogen) atoms. The molecular formula is C9H7BrClNO3. The molecule has 0 aliphatic rings. The van der Waals surface area contributed by atoms with E-state index in [0.717, 1.165) is 0 Å². The number of halogens is 2. The maximum Gasteiger partial charge on any atom is 0.339 e. The lowest BCUT2D eigenvalue weighted by molar-refractivity contribution is 0.0599. The average Bonchev–Trinajstić information content (AvgIpc) is 2.26. The largest absolute Gasteiger partial charge is 0.465 e. The van der Waals surface area contributed by atoms with Gasteiger partial charge in [0.25, 0.3) is 0 Å². The highest BCUT2D eigenvalue weighted by molar-refractivity contribution is 9.10. The second-order valence-corrected chi connectivity index (χ2v) is 3.94. The Kier molecular flexibility index (Phi) is 4.23. The molecule has 0 aromatic heterocycles. The Morgan fingerprint density at radius 1 is 1.60 bits per heavy atom. The summed E-state index contributed by atoms with van der Waals surface area (Å²) in [6, 6.07) is 4.63. The number of benzene rings is 1. The Morgan fingerprint density at radius 3 is 2.73 bits per heavy atom. The van der Waals surface area contributed by atoms with Gasteiger partial charge in [0, 0.05) is 4.47 Å². The van der Waals surface area contributed by atoms with Crippen molar-refractivity contribution in [3.8, 4) is 0 Å². The third-order valence-electron chi connectivity index (χ3n) is 1.77. The van der Waals surface area contributed by atoms with Gasteiger partial charge in [-0.1, -0.05) is 17.7 Å². The fraction of sp³-hybridized carbons (Fsp3) is 0.222. The van der Waals surface area contributed by atoms with Gasteiger partial charge < -0.3 is 4.74 Å². The van der Waals surface area contributed by atoms with E-state index in [2.05, 4.69) is 25.8 Å². The minimum Gasteiger partial charge on any atom is -0.465 e. The van der Waals surface area contributed by atoms with Crippen molar-refractivity contribution in [2.24, 2.45) is 5.18 Å². The molecule has 1 aromatic carbocycles. The smallest absolute Gasteiger partial charge is 0.339 e. The SMILES string of the molecule is COC(=O)c1ccc(C(Cl)N=O)cc1Br. The summed E-state index contributed by atoms with van der Waals surface area (Å²) < 4.78 is 5.07. The Balaban J connectivity index is 3.08. The van der Waals surface area contributed by atoms with Crippen molar-refractivity contribution in [3.05, 3.63) is 38.7 Å². The normalized spacial score (nSPS) is 11.9. The molecule has 0 aliphatic carbocycles. The van der Waals surface area contributed by atoms with Crippen LogP contribution < -0.4 is 0 Å². The molecule has 1 aromatic rings. The van der Waals surface area contributed by atoms with Gasteiger partial charge in [-0.15, -0.1) is 4.91 Å². The molecule has 0 saturated carbocycles. The molecule has 0 saturated heterocycles. The summed E-state index contributed by atoms with van der Waals surface area (Å²) in [6.07, 6.45) is 0. The lowest BCUT2D eigenvalue weighted by Gasteiger charge is -2.05. The van der Waals surface area contributed by atoms with Gasteiger partial charge in [0.1, 0.15) is 0 Å². The molecule has 4 nitrogen and oxygen atoms in total. The molecule has 1 rings (SSSR count). The zero-order chi connectivity index (χ0) is 11.4. The Bertz CT molecular complexity index is 397. The molecule has 6 heteroatoms. The predicted octanol–water partition coefficient (Wildman–Crippen LogP) is 3.24. The van der Waals surface area contributed by atoms with Crippen LogP contribution in [0.1, 0.15) is 21.4 Å². The van der Waals surface area contributed by atoms with Crippen LogP contribution >= 0.6 is 27.5 Å². The van der Waals surface area contributed by atoms with Crippen LogP contribution in [0.15, 0.2) is 27.8 Å². The van der Waals surface area contributed by atoms with Crippen LogP contribution in [-0.4, -0.2) is 13.1 Å². The molecule has 0 spiro atoms. The third-order valence-corrected chi connectivity index (χ3v) is 2.75. The van der Waals surface area contributed by atoms with Crippen LogP contribution in [0.2, 0.25) is 0 Å². The minimum absolute atomic E-state index is 0.371. The first-order valence-electron chi connectivity index (χ1n) is 3.94. The number of nitroso groups, excluding NO2 is 1. The van der Waals surface area contributed by atoms with Gasteiger partial charge in [0.2, 0.25) is 0 Å². The summed E-state index contributed by atoms with van der Waals surface area (Å²) >= 11 is 8.80. The molecule has 0 heterocycles. The van der Waals surface area contributed by atoms with Gasteiger partial charge in [0.15, 0.2) is 5.50 Å². The Morgan fingerprint density at radius 2 is 2.27 bits per heavy atom. The van der Waals surface area contributed by atoms with Gasteiger partial charge >= 0.3 is 5.97 Å². The van der Waals surface area contributed by atoms with Crippen molar-refractivity contribution < 1.29 is 9.53 Å². The number of methoxy groups -OCH3 is 1. The molecule has 0 fully saturated rings. The Hall–Kier alpha value is -0.940. The van der Waals surface area contributed by atoms with Crippen molar-refractivity contribution in [1.29, 1.82) is 0 Å². The molecule has 0 aliphatic heterocycles. The molecule has 1 atom stereocenters. The number of alkyl halides is 1. The predicted molar refractivity (Wildman–Crippen MR) is 59.9 cm³/mol. The number of rotatable bonds is 3. The van der Waals surface area contributed by atoms with E-state index in [4.69, 9.17) is 11.6 Å². The fourth-order valence-corrected chi connectivity index (χ4v) is 1.71. The highest BCUT2D eigenvalue weighted by Crippen LogP contribution is 2.27. The summed E-state index contributed by atoms with van der Waals surface area (Å²) in [5.41, 5.74) is -0.0600. The Labute approximate surface area is 99.7 Å². The van der Waals surface area contributed by atoms with Crippen molar-refractivity contribution >= 4 is 33.5 Å². The van der Waals surface area contributed by atoms with E-state index in [1.807, 2.05) is 0 Å². The second-order valence-electron chi connectivity index (χ2n) is 2.67. The summed E-state index contributed by atoms with van der Waals surface area (Å²) in [5.74, 6) is -0.460. The van der Waals surface area contributed by atoms with Crippen LogP contribution in [-0.2, 0) is 4.74 Å². The maximum atomic E-state index is 11.2. The maximum absolute atomic E-state index is 11.2. The van der Waals surface area contributed by atoms with E-state index in [1.54, 1.807) is 12.1 Å². The summed E-state index contributed by atoms with van der Waals surface area (Å²) in [5, 5.41) is 2.67. The number of esters is 1. The van der Waals surface area contributed by atoms with E-state index in [9.17, 15) is 9.70 Å². The van der Waals surface area contributed by atoms with Gasteiger partial charge in [-0.2, -0.15) is 0 Å². The fourth-order valence-electron chi connectivity index (χ4n) is 1.02. The standard InChI is InChI=1S/C9H7BrClNO3/c1-15-9(13)6-3-2-5(4-7(6)10)8(11)12-14/h2-4,8H,1H3.